The van der Waals surface area contributed by atoms with Crippen LogP contribution in [0.25, 0.3) is 0 Å². The molecule has 1 aromatic heterocycles. The maximum absolute atomic E-state index is 13.2. The number of carbonyl (C=O) groups is 2. The zero-order valence-electron chi connectivity index (χ0n) is 17.1. The molecule has 1 saturated heterocycles. The number of esters is 1. The van der Waals surface area contributed by atoms with Gasteiger partial charge in [-0.25, -0.2) is 13.2 Å². The minimum absolute atomic E-state index is 0.0471. The second-order valence-electron chi connectivity index (χ2n) is 6.89. The third-order valence-electron chi connectivity index (χ3n) is 4.91. The third-order valence-corrected chi connectivity index (χ3v) is 6.79. The Morgan fingerprint density at radius 1 is 1.27 bits per heavy atom. The summed E-state index contributed by atoms with van der Waals surface area (Å²) >= 11 is 0. The van der Waals surface area contributed by atoms with Gasteiger partial charge in [-0.3, -0.25) is 4.79 Å². The van der Waals surface area contributed by atoms with Crippen LogP contribution < -0.4 is 10.1 Å². The number of aromatic nitrogens is 1. The molecular formula is C20H25N3O6S. The average Bonchev–Trinajstić information content (AvgIpc) is 3.36. The van der Waals surface area contributed by atoms with E-state index in [4.69, 9.17) is 9.47 Å². The fraction of sp³-hybridized carbons (Fsp3) is 0.400. The summed E-state index contributed by atoms with van der Waals surface area (Å²) in [5, 5.41) is 2.76. The van der Waals surface area contributed by atoms with E-state index in [1.807, 2.05) is 0 Å². The van der Waals surface area contributed by atoms with Gasteiger partial charge in [0.25, 0.3) is 0 Å². The molecule has 0 aliphatic carbocycles. The Morgan fingerprint density at radius 2 is 2.03 bits per heavy atom. The number of nitrogens with zero attached hydrogens (tertiary/aromatic N) is 2. The molecule has 1 fully saturated rings. The highest BCUT2D eigenvalue weighted by Gasteiger charge is 2.40. The van der Waals surface area contributed by atoms with Crippen molar-refractivity contribution in [3.8, 4) is 5.75 Å². The second kappa shape index (κ2) is 8.88. The van der Waals surface area contributed by atoms with Crippen LogP contribution in [0.3, 0.4) is 0 Å². The van der Waals surface area contributed by atoms with Crippen molar-refractivity contribution in [1.82, 2.24) is 8.87 Å². The van der Waals surface area contributed by atoms with E-state index in [9.17, 15) is 18.0 Å². The lowest BCUT2D eigenvalue weighted by molar-refractivity contribution is -0.119. The number of ether oxygens (including phenoxy) is 2. The summed E-state index contributed by atoms with van der Waals surface area (Å²) in [6.45, 7) is 2.08. The highest BCUT2D eigenvalue weighted by molar-refractivity contribution is 7.89. The average molecular weight is 436 g/mol. The van der Waals surface area contributed by atoms with E-state index in [-0.39, 0.29) is 23.7 Å². The smallest absolute Gasteiger partial charge is 0.354 e. The van der Waals surface area contributed by atoms with Gasteiger partial charge in [0.15, 0.2) is 0 Å². The molecule has 1 aliphatic rings. The van der Waals surface area contributed by atoms with E-state index in [0.717, 1.165) is 0 Å². The Morgan fingerprint density at radius 3 is 2.73 bits per heavy atom. The van der Waals surface area contributed by atoms with Crippen LogP contribution in [0.5, 0.6) is 5.75 Å². The zero-order valence-corrected chi connectivity index (χ0v) is 17.9. The van der Waals surface area contributed by atoms with Crippen molar-refractivity contribution in [1.29, 1.82) is 0 Å². The minimum Gasteiger partial charge on any atom is -0.497 e. The normalized spacial score (nSPS) is 17.0. The first kappa shape index (κ1) is 21.8. The molecule has 30 heavy (non-hydrogen) atoms. The lowest BCUT2D eigenvalue weighted by Crippen LogP contribution is -2.43. The van der Waals surface area contributed by atoms with E-state index < -0.39 is 27.9 Å². The molecule has 162 valence electrons. The highest BCUT2D eigenvalue weighted by Crippen LogP contribution is 2.28. The molecule has 0 spiro atoms. The first-order valence-corrected chi connectivity index (χ1v) is 11.0. The number of rotatable bonds is 7. The van der Waals surface area contributed by atoms with Gasteiger partial charge >= 0.3 is 5.97 Å². The molecule has 1 aromatic carbocycles. The molecule has 1 aliphatic heterocycles. The van der Waals surface area contributed by atoms with Crippen molar-refractivity contribution in [3.63, 3.8) is 0 Å². The first-order chi connectivity index (χ1) is 14.3. The lowest BCUT2D eigenvalue weighted by atomic mass is 10.2. The summed E-state index contributed by atoms with van der Waals surface area (Å²) in [4.78, 5) is 24.8. The lowest BCUT2D eigenvalue weighted by Gasteiger charge is -2.23. The number of benzene rings is 1. The molecule has 2 heterocycles. The van der Waals surface area contributed by atoms with Crippen LogP contribution in [0, 0.1) is 0 Å². The summed E-state index contributed by atoms with van der Waals surface area (Å²) in [7, 11) is -0.873. The zero-order chi connectivity index (χ0) is 21.9. The minimum atomic E-state index is -3.97. The van der Waals surface area contributed by atoms with Crippen LogP contribution in [0.2, 0.25) is 0 Å². The number of amides is 1. The molecule has 1 N–H and O–H groups in total. The van der Waals surface area contributed by atoms with Gasteiger partial charge in [-0.1, -0.05) is 6.07 Å². The van der Waals surface area contributed by atoms with Gasteiger partial charge < -0.3 is 19.4 Å². The van der Waals surface area contributed by atoms with Crippen LogP contribution in [-0.4, -0.2) is 55.5 Å². The number of hydrogen-bond acceptors (Lipinski definition) is 6. The molecule has 0 bridgehead atoms. The topological polar surface area (TPSA) is 107 Å². The molecule has 0 saturated carbocycles. The summed E-state index contributed by atoms with van der Waals surface area (Å²) in [5.74, 6) is -0.430. The summed E-state index contributed by atoms with van der Waals surface area (Å²) in [6, 6.07) is 7.29. The fourth-order valence-corrected chi connectivity index (χ4v) is 5.16. The maximum atomic E-state index is 13.2. The second-order valence-corrected chi connectivity index (χ2v) is 8.78. The Labute approximate surface area is 175 Å². The number of sulfonamides is 1. The van der Waals surface area contributed by atoms with E-state index >= 15 is 0 Å². The van der Waals surface area contributed by atoms with Crippen molar-refractivity contribution in [2.75, 3.05) is 25.6 Å². The van der Waals surface area contributed by atoms with Gasteiger partial charge in [0.2, 0.25) is 15.9 Å². The molecule has 9 nitrogen and oxygen atoms in total. The fourth-order valence-electron chi connectivity index (χ4n) is 3.43. The Hall–Kier alpha value is -2.85. The monoisotopic (exact) mass is 435 g/mol. The van der Waals surface area contributed by atoms with Crippen LogP contribution in [-0.2, 0) is 26.6 Å². The van der Waals surface area contributed by atoms with E-state index in [0.29, 0.717) is 24.3 Å². The number of anilines is 1. The molecule has 1 amide bonds. The van der Waals surface area contributed by atoms with Crippen molar-refractivity contribution >= 4 is 27.6 Å². The van der Waals surface area contributed by atoms with Crippen LogP contribution >= 0.6 is 0 Å². The Balaban J connectivity index is 1.82. The first-order valence-electron chi connectivity index (χ1n) is 9.58. The summed E-state index contributed by atoms with van der Waals surface area (Å²) < 4.78 is 39.1. The Kier molecular flexibility index (Phi) is 6.47. The largest absolute Gasteiger partial charge is 0.497 e. The number of methoxy groups -OCH3 is 1. The standard InChI is InChI=1S/C20H25N3O6S/c1-4-29-20(25)18-12-16(13-22(18)2)30(26,27)23-10-6-9-17(23)19(24)21-14-7-5-8-15(11-14)28-3/h5,7-8,11-13,17H,4,6,9-10H2,1-3H3,(H,21,24)/t17-/m1/s1. The molecule has 1 atom stereocenters. The van der Waals surface area contributed by atoms with Gasteiger partial charge in [0, 0.05) is 31.5 Å². The van der Waals surface area contributed by atoms with Gasteiger partial charge in [-0.05, 0) is 38.0 Å². The number of hydrogen-bond donors (Lipinski definition) is 1. The van der Waals surface area contributed by atoms with E-state index in [2.05, 4.69) is 5.32 Å². The maximum Gasteiger partial charge on any atom is 0.354 e. The molecule has 2 aromatic rings. The van der Waals surface area contributed by atoms with Gasteiger partial charge in [-0.15, -0.1) is 0 Å². The summed E-state index contributed by atoms with van der Waals surface area (Å²) in [6.07, 6.45) is 2.33. The third kappa shape index (κ3) is 4.34. The molecule has 0 radical (unpaired) electrons. The van der Waals surface area contributed by atoms with Gasteiger partial charge in [0.05, 0.1) is 13.7 Å². The SMILES string of the molecule is CCOC(=O)c1cc(S(=O)(=O)N2CCC[C@@H]2C(=O)Nc2cccc(OC)c2)cn1C. The molecule has 0 unspecified atom stereocenters. The van der Waals surface area contributed by atoms with Crippen molar-refractivity contribution in [2.24, 2.45) is 7.05 Å². The van der Waals surface area contributed by atoms with Crippen LogP contribution in [0.15, 0.2) is 41.4 Å². The van der Waals surface area contributed by atoms with E-state index in [1.165, 1.54) is 28.2 Å². The van der Waals surface area contributed by atoms with Crippen molar-refractivity contribution in [2.45, 2.75) is 30.7 Å². The molecule has 3 rings (SSSR count). The summed E-state index contributed by atoms with van der Waals surface area (Å²) in [5.41, 5.74) is 0.653. The van der Waals surface area contributed by atoms with Crippen LogP contribution in [0.4, 0.5) is 5.69 Å². The number of carbonyl (C=O) groups excluding carboxylic acids is 2. The van der Waals surface area contributed by atoms with E-state index in [1.54, 1.807) is 38.2 Å². The Bertz CT molecular complexity index is 1050. The molecular weight excluding hydrogens is 410 g/mol. The van der Waals surface area contributed by atoms with Gasteiger partial charge in [0.1, 0.15) is 22.4 Å². The highest BCUT2D eigenvalue weighted by atomic mass is 32.2. The number of nitrogens with one attached hydrogen (secondary N) is 1. The quantitative estimate of drug-likeness (QED) is 0.667. The predicted molar refractivity (Wildman–Crippen MR) is 110 cm³/mol. The van der Waals surface area contributed by atoms with Crippen molar-refractivity contribution in [3.05, 3.63) is 42.2 Å². The number of aryl methyl sites for hydroxylation is 1. The van der Waals surface area contributed by atoms with Gasteiger partial charge in [-0.2, -0.15) is 4.31 Å². The predicted octanol–water partition coefficient (Wildman–Crippen LogP) is 2.00. The molecule has 10 heteroatoms. The van der Waals surface area contributed by atoms with Crippen LogP contribution in [0.1, 0.15) is 30.3 Å². The van der Waals surface area contributed by atoms with Crippen molar-refractivity contribution < 1.29 is 27.5 Å².